The minimum absolute atomic E-state index is 0.0694. The fraction of sp³-hybridized carbons (Fsp3) is 0.778. The third-order valence-corrected chi connectivity index (χ3v) is 2.75. The van der Waals surface area contributed by atoms with Crippen molar-refractivity contribution < 1.29 is 9.59 Å². The molecule has 0 aliphatic carbocycles. The van der Waals surface area contributed by atoms with Crippen LogP contribution in [0, 0.1) is 5.41 Å². The smallest absolute Gasteiger partial charge is 0.220 e. The van der Waals surface area contributed by atoms with E-state index in [9.17, 15) is 9.59 Å². The molecule has 0 saturated carbocycles. The largest absolute Gasteiger partial charge is 0.356 e. The van der Waals surface area contributed by atoms with Crippen LogP contribution in [0.25, 0.3) is 0 Å². The molecular weight excluding hydrogens is 154 g/mol. The number of nitrogens with one attached hydrogen (secondary N) is 1. The first-order valence-electron chi connectivity index (χ1n) is 4.32. The van der Waals surface area contributed by atoms with Gasteiger partial charge in [0.2, 0.25) is 5.91 Å². The third kappa shape index (κ3) is 1.84. The Labute approximate surface area is 72.5 Å². The average molecular weight is 169 g/mol. The van der Waals surface area contributed by atoms with Crippen LogP contribution in [0.15, 0.2) is 0 Å². The molecule has 1 aliphatic rings. The van der Waals surface area contributed by atoms with Crippen molar-refractivity contribution in [3.8, 4) is 0 Å². The van der Waals surface area contributed by atoms with Crippen molar-refractivity contribution in [1.29, 1.82) is 0 Å². The fourth-order valence-corrected chi connectivity index (χ4v) is 1.43. The lowest BCUT2D eigenvalue weighted by atomic mass is 9.79. The van der Waals surface area contributed by atoms with E-state index >= 15 is 0 Å². The van der Waals surface area contributed by atoms with Crippen molar-refractivity contribution in [3.05, 3.63) is 0 Å². The molecule has 1 heterocycles. The molecule has 0 aromatic heterocycles. The van der Waals surface area contributed by atoms with Gasteiger partial charge in [-0.15, -0.1) is 0 Å². The van der Waals surface area contributed by atoms with Crippen LogP contribution in [0.1, 0.15) is 33.1 Å². The molecule has 0 aromatic rings. The first-order chi connectivity index (χ1) is 5.54. The van der Waals surface area contributed by atoms with E-state index in [0.717, 1.165) is 6.42 Å². The molecule has 1 atom stereocenters. The van der Waals surface area contributed by atoms with E-state index in [2.05, 4.69) is 5.32 Å². The van der Waals surface area contributed by atoms with Crippen LogP contribution in [-0.2, 0) is 9.59 Å². The zero-order chi connectivity index (χ0) is 9.19. The normalized spacial score (nSPS) is 30.7. The molecule has 0 bridgehead atoms. The summed E-state index contributed by atoms with van der Waals surface area (Å²) in [6.45, 7) is 4.18. The molecule has 0 radical (unpaired) electrons. The van der Waals surface area contributed by atoms with E-state index in [1.54, 1.807) is 6.92 Å². The Morgan fingerprint density at radius 2 is 2.17 bits per heavy atom. The summed E-state index contributed by atoms with van der Waals surface area (Å²) in [5.41, 5.74) is -0.279. The number of hydrogen-bond donors (Lipinski definition) is 1. The van der Waals surface area contributed by atoms with Gasteiger partial charge in [-0.2, -0.15) is 0 Å². The number of ketones is 1. The maximum absolute atomic E-state index is 11.2. The molecule has 3 nitrogen and oxygen atoms in total. The highest BCUT2D eigenvalue weighted by Crippen LogP contribution is 2.29. The molecule has 1 aliphatic heterocycles. The Bertz CT molecular complexity index is 213. The Kier molecular flexibility index (Phi) is 2.50. The molecule has 3 heteroatoms. The summed E-state index contributed by atoms with van der Waals surface area (Å²) in [5, 5.41) is 2.76. The molecule has 1 saturated heterocycles. The Morgan fingerprint density at radius 3 is 2.75 bits per heavy atom. The van der Waals surface area contributed by atoms with Gasteiger partial charge in [0.1, 0.15) is 5.78 Å². The van der Waals surface area contributed by atoms with Crippen LogP contribution in [0.5, 0.6) is 0 Å². The first kappa shape index (κ1) is 9.23. The SMILES string of the molecule is CC(=O)C1(C)CCNC(=O)CC1. The first-order valence-corrected chi connectivity index (χ1v) is 4.32. The summed E-state index contributed by atoms with van der Waals surface area (Å²) in [6.07, 6.45) is 1.94. The quantitative estimate of drug-likeness (QED) is 0.633. The Balaban J connectivity index is 2.67. The maximum Gasteiger partial charge on any atom is 0.220 e. The number of carbonyl (C=O) groups is 2. The van der Waals surface area contributed by atoms with Gasteiger partial charge in [-0.05, 0) is 19.8 Å². The van der Waals surface area contributed by atoms with Gasteiger partial charge in [0.15, 0.2) is 0 Å². The average Bonchev–Trinajstić information content (AvgIpc) is 2.15. The van der Waals surface area contributed by atoms with Gasteiger partial charge in [0.05, 0.1) is 0 Å². The van der Waals surface area contributed by atoms with Crippen molar-refractivity contribution in [2.75, 3.05) is 6.54 Å². The van der Waals surface area contributed by atoms with Gasteiger partial charge >= 0.3 is 0 Å². The maximum atomic E-state index is 11.2. The number of rotatable bonds is 1. The highest BCUT2D eigenvalue weighted by Gasteiger charge is 2.31. The summed E-state index contributed by atoms with van der Waals surface area (Å²) in [5.74, 6) is 0.263. The van der Waals surface area contributed by atoms with E-state index in [-0.39, 0.29) is 17.1 Å². The topological polar surface area (TPSA) is 46.2 Å². The lowest BCUT2D eigenvalue weighted by Crippen LogP contribution is -2.27. The summed E-state index contributed by atoms with van der Waals surface area (Å²) in [4.78, 5) is 22.2. The lowest BCUT2D eigenvalue weighted by molar-refractivity contribution is -0.126. The van der Waals surface area contributed by atoms with Crippen LogP contribution in [0.3, 0.4) is 0 Å². The Morgan fingerprint density at radius 1 is 1.50 bits per heavy atom. The predicted molar refractivity (Wildman–Crippen MR) is 45.6 cm³/mol. The highest BCUT2D eigenvalue weighted by atomic mass is 16.1. The number of Topliss-reactive ketones (excluding diaryl/α,β-unsaturated/α-hetero) is 1. The molecular formula is C9H15NO2. The summed E-state index contributed by atoms with van der Waals surface area (Å²) >= 11 is 0. The third-order valence-electron chi connectivity index (χ3n) is 2.75. The van der Waals surface area contributed by atoms with Crippen LogP contribution in [0.2, 0.25) is 0 Å². The van der Waals surface area contributed by atoms with E-state index in [0.29, 0.717) is 19.4 Å². The predicted octanol–water partition coefficient (Wildman–Crippen LogP) is 0.882. The minimum atomic E-state index is -0.279. The van der Waals surface area contributed by atoms with Gasteiger partial charge in [-0.3, -0.25) is 9.59 Å². The van der Waals surface area contributed by atoms with Crippen molar-refractivity contribution in [2.24, 2.45) is 5.41 Å². The standard InChI is InChI=1S/C9H15NO2/c1-7(11)9(2)4-3-8(12)10-6-5-9/h3-6H2,1-2H3,(H,10,12). The Hall–Kier alpha value is -0.860. The van der Waals surface area contributed by atoms with E-state index in [1.807, 2.05) is 6.92 Å². The molecule has 1 N–H and O–H groups in total. The van der Waals surface area contributed by atoms with Gasteiger partial charge in [-0.1, -0.05) is 6.92 Å². The molecule has 0 aromatic carbocycles. The minimum Gasteiger partial charge on any atom is -0.356 e. The molecule has 1 fully saturated rings. The summed E-state index contributed by atoms with van der Waals surface area (Å²) < 4.78 is 0. The molecule has 12 heavy (non-hydrogen) atoms. The van der Waals surface area contributed by atoms with Crippen LogP contribution >= 0.6 is 0 Å². The molecule has 1 unspecified atom stereocenters. The van der Waals surface area contributed by atoms with Crippen molar-refractivity contribution in [3.63, 3.8) is 0 Å². The van der Waals surface area contributed by atoms with Crippen LogP contribution in [0.4, 0.5) is 0 Å². The van der Waals surface area contributed by atoms with Gasteiger partial charge in [0.25, 0.3) is 0 Å². The zero-order valence-electron chi connectivity index (χ0n) is 7.64. The number of carbonyl (C=O) groups excluding carboxylic acids is 2. The van der Waals surface area contributed by atoms with Crippen molar-refractivity contribution in [2.45, 2.75) is 33.1 Å². The highest BCUT2D eigenvalue weighted by molar-refractivity contribution is 5.84. The van der Waals surface area contributed by atoms with Crippen molar-refractivity contribution >= 4 is 11.7 Å². The zero-order valence-corrected chi connectivity index (χ0v) is 7.64. The van der Waals surface area contributed by atoms with Gasteiger partial charge in [0, 0.05) is 18.4 Å². The van der Waals surface area contributed by atoms with Gasteiger partial charge in [-0.25, -0.2) is 0 Å². The summed E-state index contributed by atoms with van der Waals surface area (Å²) in [7, 11) is 0. The molecule has 1 rings (SSSR count). The van der Waals surface area contributed by atoms with Crippen LogP contribution in [-0.4, -0.2) is 18.2 Å². The summed E-state index contributed by atoms with van der Waals surface area (Å²) in [6, 6.07) is 0. The monoisotopic (exact) mass is 169 g/mol. The number of amides is 1. The van der Waals surface area contributed by atoms with E-state index in [1.165, 1.54) is 0 Å². The fourth-order valence-electron chi connectivity index (χ4n) is 1.43. The lowest BCUT2D eigenvalue weighted by Gasteiger charge is -2.23. The van der Waals surface area contributed by atoms with Gasteiger partial charge < -0.3 is 5.32 Å². The second-order valence-electron chi connectivity index (χ2n) is 3.72. The van der Waals surface area contributed by atoms with E-state index in [4.69, 9.17) is 0 Å². The van der Waals surface area contributed by atoms with E-state index < -0.39 is 0 Å². The molecule has 68 valence electrons. The second kappa shape index (κ2) is 3.25. The number of hydrogen-bond acceptors (Lipinski definition) is 2. The van der Waals surface area contributed by atoms with Crippen LogP contribution < -0.4 is 5.32 Å². The molecule has 1 amide bonds. The molecule has 0 spiro atoms. The van der Waals surface area contributed by atoms with Crippen molar-refractivity contribution in [1.82, 2.24) is 5.32 Å². The second-order valence-corrected chi connectivity index (χ2v) is 3.72.